The van der Waals surface area contributed by atoms with E-state index in [1.54, 1.807) is 14.0 Å². The molecular formula is C22H23N3O4. The van der Waals surface area contributed by atoms with Gasteiger partial charge in [0.2, 0.25) is 0 Å². The fourth-order valence-electron chi connectivity index (χ4n) is 3.65. The van der Waals surface area contributed by atoms with Gasteiger partial charge in [-0.25, -0.2) is 4.79 Å². The first-order valence-electron chi connectivity index (χ1n) is 9.49. The van der Waals surface area contributed by atoms with Gasteiger partial charge in [-0.15, -0.1) is 0 Å². The van der Waals surface area contributed by atoms with Gasteiger partial charge >= 0.3 is 11.7 Å². The van der Waals surface area contributed by atoms with Crippen LogP contribution in [0.5, 0.6) is 5.75 Å². The van der Waals surface area contributed by atoms with Gasteiger partial charge in [0.05, 0.1) is 19.8 Å². The zero-order chi connectivity index (χ0) is 20.8. The van der Waals surface area contributed by atoms with Crippen LogP contribution < -0.4 is 9.64 Å². The van der Waals surface area contributed by atoms with Crippen molar-refractivity contribution >= 4 is 23.2 Å². The number of carbonyl (C=O) groups excluding carboxylic acids is 2. The van der Waals surface area contributed by atoms with Gasteiger partial charge in [-0.3, -0.25) is 4.79 Å². The number of fused-ring (bicyclic) bond motifs is 1. The first kappa shape index (κ1) is 20.3. The summed E-state index contributed by atoms with van der Waals surface area (Å²) in [4.78, 5) is 29.8. The number of methoxy groups -OCH3 is 1. The topological polar surface area (TPSA) is 92.2 Å². The predicted octanol–water partition coefficient (Wildman–Crippen LogP) is 2.99. The lowest BCUT2D eigenvalue weighted by atomic mass is 9.88. The molecule has 0 radical (unpaired) electrons. The van der Waals surface area contributed by atoms with Gasteiger partial charge in [0, 0.05) is 24.7 Å². The number of rotatable bonds is 7. The van der Waals surface area contributed by atoms with E-state index in [-0.39, 0.29) is 19.1 Å². The van der Waals surface area contributed by atoms with E-state index in [2.05, 4.69) is 9.69 Å². The average molecular weight is 393 g/mol. The Hall–Kier alpha value is -3.44. The Kier molecular flexibility index (Phi) is 6.42. The lowest BCUT2D eigenvalue weighted by Gasteiger charge is -2.38. The van der Waals surface area contributed by atoms with Gasteiger partial charge in [-0.1, -0.05) is 30.3 Å². The molecule has 1 atom stereocenters. The molecule has 0 aliphatic carbocycles. The molecule has 150 valence electrons. The van der Waals surface area contributed by atoms with E-state index >= 15 is 0 Å². The van der Waals surface area contributed by atoms with Crippen LogP contribution >= 0.6 is 0 Å². The maximum absolute atomic E-state index is 12.8. The minimum Gasteiger partial charge on any atom is -0.497 e. The van der Waals surface area contributed by atoms with E-state index < -0.39 is 17.5 Å². The highest BCUT2D eigenvalue weighted by Crippen LogP contribution is 2.37. The molecule has 0 saturated carbocycles. The lowest BCUT2D eigenvalue weighted by molar-refractivity contribution is -0.141. The highest BCUT2D eigenvalue weighted by atomic mass is 16.5. The molecule has 1 heterocycles. The van der Waals surface area contributed by atoms with Crippen molar-refractivity contribution in [3.63, 3.8) is 0 Å². The van der Waals surface area contributed by atoms with Crippen molar-refractivity contribution in [1.82, 2.24) is 0 Å². The summed E-state index contributed by atoms with van der Waals surface area (Å²) in [5, 5.41) is 0. The predicted molar refractivity (Wildman–Crippen MR) is 108 cm³/mol. The second kappa shape index (κ2) is 9.17. The number of esters is 1. The van der Waals surface area contributed by atoms with Gasteiger partial charge in [0.25, 0.3) is 5.78 Å². The molecular weight excluding hydrogens is 370 g/mol. The fourth-order valence-corrected chi connectivity index (χ4v) is 3.65. The number of hydrogen-bond donors (Lipinski definition) is 0. The Balaban J connectivity index is 1.97. The molecule has 1 unspecified atom stereocenters. The van der Waals surface area contributed by atoms with Crippen molar-refractivity contribution in [1.29, 1.82) is 0 Å². The normalized spacial score (nSPS) is 15.1. The van der Waals surface area contributed by atoms with E-state index in [4.69, 9.17) is 9.47 Å². The quantitative estimate of drug-likeness (QED) is 0.237. The molecule has 7 heteroatoms. The van der Waals surface area contributed by atoms with E-state index in [9.17, 15) is 15.1 Å². The van der Waals surface area contributed by atoms with Gasteiger partial charge in [-0.2, -0.15) is 4.79 Å². The smallest absolute Gasteiger partial charge is 0.441 e. The first-order chi connectivity index (χ1) is 14.1. The van der Waals surface area contributed by atoms with Crippen LogP contribution in [0.15, 0.2) is 48.5 Å². The maximum atomic E-state index is 12.8. The van der Waals surface area contributed by atoms with E-state index in [1.165, 1.54) is 0 Å². The molecule has 0 bridgehead atoms. The summed E-state index contributed by atoms with van der Waals surface area (Å²) in [5.41, 5.74) is 11.7. The SMILES string of the molecule is CCOC(=O)C(=[N+]=[N-])C(=O)CC1c2ccccc2CCN1c1cccc(OC)c1. The molecule has 0 aromatic heterocycles. The van der Waals surface area contributed by atoms with E-state index in [0.717, 1.165) is 29.0 Å². The van der Waals surface area contributed by atoms with Crippen molar-refractivity contribution in [2.75, 3.05) is 25.2 Å². The number of ketones is 1. The monoisotopic (exact) mass is 393 g/mol. The third-order valence-electron chi connectivity index (χ3n) is 5.01. The summed E-state index contributed by atoms with van der Waals surface area (Å²) in [7, 11) is 1.61. The molecule has 0 fully saturated rings. The zero-order valence-electron chi connectivity index (χ0n) is 16.5. The van der Waals surface area contributed by atoms with Crippen LogP contribution in [-0.4, -0.2) is 42.5 Å². The summed E-state index contributed by atoms with van der Waals surface area (Å²) in [6.07, 6.45) is 0.809. The number of benzene rings is 2. The number of Topliss-reactive ketones (excluding diaryl/α,β-unsaturated/α-hetero) is 1. The average Bonchev–Trinajstić information content (AvgIpc) is 2.74. The molecule has 2 aromatic carbocycles. The molecule has 2 aromatic rings. The van der Waals surface area contributed by atoms with Crippen LogP contribution in [0.2, 0.25) is 0 Å². The fraction of sp³-hybridized carbons (Fsp3) is 0.318. The lowest BCUT2D eigenvalue weighted by Crippen LogP contribution is -2.39. The molecule has 0 spiro atoms. The number of ether oxygens (including phenoxy) is 2. The van der Waals surface area contributed by atoms with Crippen molar-refractivity contribution in [3.8, 4) is 5.75 Å². The second-order valence-corrected chi connectivity index (χ2v) is 6.66. The van der Waals surface area contributed by atoms with Crippen LogP contribution in [0.3, 0.4) is 0 Å². The Labute approximate surface area is 169 Å². The number of nitrogens with zero attached hydrogens (tertiary/aromatic N) is 3. The minimum atomic E-state index is -0.919. The third-order valence-corrected chi connectivity index (χ3v) is 5.01. The van der Waals surface area contributed by atoms with Crippen LogP contribution in [-0.2, 0) is 20.7 Å². The van der Waals surface area contributed by atoms with Crippen molar-refractivity contribution in [2.24, 2.45) is 0 Å². The van der Waals surface area contributed by atoms with Crippen LogP contribution in [0.4, 0.5) is 5.69 Å². The third kappa shape index (κ3) is 4.36. The summed E-state index contributed by atoms with van der Waals surface area (Å²) >= 11 is 0. The standard InChI is InChI=1S/C22H23N3O4/c1-3-29-22(27)21(24-23)20(26)14-19-18-10-5-4-7-15(18)11-12-25(19)16-8-6-9-17(13-16)28-2/h4-10,13,19H,3,11-12,14H2,1-2H3. The zero-order valence-corrected chi connectivity index (χ0v) is 16.5. The highest BCUT2D eigenvalue weighted by molar-refractivity contribution is 6.62. The first-order valence-corrected chi connectivity index (χ1v) is 9.49. The van der Waals surface area contributed by atoms with Gasteiger partial charge in [-0.05, 0) is 36.6 Å². The van der Waals surface area contributed by atoms with E-state index in [0.29, 0.717) is 6.54 Å². The van der Waals surface area contributed by atoms with Gasteiger partial charge < -0.3 is 19.9 Å². The molecule has 0 N–H and O–H groups in total. The molecule has 1 aliphatic heterocycles. The second-order valence-electron chi connectivity index (χ2n) is 6.66. The highest BCUT2D eigenvalue weighted by Gasteiger charge is 2.37. The Morgan fingerprint density at radius 2 is 2.00 bits per heavy atom. The van der Waals surface area contributed by atoms with Gasteiger partial charge in [0.15, 0.2) is 0 Å². The molecule has 0 saturated heterocycles. The van der Waals surface area contributed by atoms with Gasteiger partial charge in [0.1, 0.15) is 5.75 Å². The minimum absolute atomic E-state index is 0.0214. The number of hydrogen-bond acceptors (Lipinski definition) is 5. The van der Waals surface area contributed by atoms with Crippen molar-refractivity contribution < 1.29 is 23.9 Å². The molecule has 1 aliphatic rings. The summed E-state index contributed by atoms with van der Waals surface area (Å²) in [6.45, 7) is 2.42. The maximum Gasteiger partial charge on any atom is 0.441 e. The van der Waals surface area contributed by atoms with E-state index in [1.807, 2.05) is 48.5 Å². The Bertz CT molecular complexity index is 966. The van der Waals surface area contributed by atoms with Crippen molar-refractivity contribution in [3.05, 3.63) is 65.2 Å². The number of anilines is 1. The molecule has 0 amide bonds. The summed E-state index contributed by atoms with van der Waals surface area (Å²) in [6, 6.07) is 15.2. The summed E-state index contributed by atoms with van der Waals surface area (Å²) < 4.78 is 10.2. The summed E-state index contributed by atoms with van der Waals surface area (Å²) in [5.74, 6) is -0.770. The Morgan fingerprint density at radius 1 is 1.21 bits per heavy atom. The molecule has 29 heavy (non-hydrogen) atoms. The van der Waals surface area contributed by atoms with Crippen LogP contribution in [0.1, 0.15) is 30.5 Å². The van der Waals surface area contributed by atoms with Crippen molar-refractivity contribution in [2.45, 2.75) is 25.8 Å². The largest absolute Gasteiger partial charge is 0.497 e. The Morgan fingerprint density at radius 3 is 2.72 bits per heavy atom. The number of carbonyl (C=O) groups is 2. The molecule has 3 rings (SSSR count). The van der Waals surface area contributed by atoms with Crippen LogP contribution in [0.25, 0.3) is 5.53 Å². The van der Waals surface area contributed by atoms with Crippen LogP contribution in [0, 0.1) is 0 Å². The molecule has 7 nitrogen and oxygen atoms in total.